The van der Waals surface area contributed by atoms with Gasteiger partial charge in [-0.05, 0) is 61.5 Å². The summed E-state index contributed by atoms with van der Waals surface area (Å²) in [6.45, 7) is 2.65. The van der Waals surface area contributed by atoms with E-state index in [0.29, 0.717) is 28.6 Å². The molecule has 38 heavy (non-hydrogen) atoms. The van der Waals surface area contributed by atoms with Crippen LogP contribution in [0, 0.1) is 0 Å². The first kappa shape index (κ1) is 27.7. The molecule has 1 amide bonds. The Morgan fingerprint density at radius 2 is 1.71 bits per heavy atom. The number of anilines is 2. The molecule has 1 saturated heterocycles. The maximum Gasteiger partial charge on any atom is 0.416 e. The third kappa shape index (κ3) is 6.23. The highest BCUT2D eigenvalue weighted by molar-refractivity contribution is 7.89. The number of benzene rings is 3. The third-order valence-electron chi connectivity index (χ3n) is 6.00. The number of nitrogens with zero attached hydrogens (tertiary/aromatic N) is 2. The molecule has 0 spiro atoms. The quantitative estimate of drug-likeness (QED) is 0.407. The van der Waals surface area contributed by atoms with Gasteiger partial charge in [0.2, 0.25) is 10.0 Å². The SMILES string of the molecule is CCOc1ccc(S(=O)(=O)N2CCN(c3cccc(C(F)(F)F)c3)CC2)cc1NC(=O)c1cccc(Cl)c1. The summed E-state index contributed by atoms with van der Waals surface area (Å²) >= 11 is 5.98. The molecule has 7 nitrogen and oxygen atoms in total. The minimum atomic E-state index is -4.46. The van der Waals surface area contributed by atoms with Crippen molar-refractivity contribution in [2.45, 2.75) is 18.0 Å². The van der Waals surface area contributed by atoms with Gasteiger partial charge in [0.15, 0.2) is 0 Å². The first-order chi connectivity index (χ1) is 18.0. The number of ether oxygens (including phenoxy) is 1. The molecule has 1 aliphatic heterocycles. The van der Waals surface area contributed by atoms with E-state index < -0.39 is 27.7 Å². The number of carbonyl (C=O) groups is 1. The van der Waals surface area contributed by atoms with Crippen LogP contribution in [0.15, 0.2) is 71.6 Å². The summed E-state index contributed by atoms with van der Waals surface area (Å²) in [5.41, 5.74) is 0.0927. The molecule has 3 aromatic rings. The fourth-order valence-corrected chi connectivity index (χ4v) is 5.73. The Kier molecular flexibility index (Phi) is 8.19. The summed E-state index contributed by atoms with van der Waals surface area (Å²) < 4.78 is 73.0. The van der Waals surface area contributed by atoms with Crippen LogP contribution in [0.1, 0.15) is 22.8 Å². The molecule has 1 heterocycles. The lowest BCUT2D eigenvalue weighted by atomic mass is 10.1. The van der Waals surface area contributed by atoms with Gasteiger partial charge in [-0.3, -0.25) is 4.79 Å². The van der Waals surface area contributed by atoms with Crippen molar-refractivity contribution in [2.75, 3.05) is 43.0 Å². The summed E-state index contributed by atoms with van der Waals surface area (Å²) in [7, 11) is -3.96. The van der Waals surface area contributed by atoms with Gasteiger partial charge in [0.25, 0.3) is 5.91 Å². The fourth-order valence-electron chi connectivity index (χ4n) is 4.09. The molecule has 0 unspecified atom stereocenters. The van der Waals surface area contributed by atoms with Gasteiger partial charge in [-0.15, -0.1) is 0 Å². The van der Waals surface area contributed by atoms with E-state index in [9.17, 15) is 26.4 Å². The second-order valence-electron chi connectivity index (χ2n) is 8.49. The van der Waals surface area contributed by atoms with Crippen LogP contribution in [0.25, 0.3) is 0 Å². The van der Waals surface area contributed by atoms with Crippen molar-refractivity contribution < 1.29 is 31.1 Å². The molecular weight excluding hydrogens is 543 g/mol. The summed E-state index contributed by atoms with van der Waals surface area (Å²) in [6.07, 6.45) is -4.46. The average Bonchev–Trinajstić information content (AvgIpc) is 2.89. The van der Waals surface area contributed by atoms with Gasteiger partial charge >= 0.3 is 6.18 Å². The Morgan fingerprint density at radius 3 is 2.37 bits per heavy atom. The Morgan fingerprint density at radius 1 is 1.00 bits per heavy atom. The van der Waals surface area contributed by atoms with E-state index in [1.165, 1.54) is 34.6 Å². The van der Waals surface area contributed by atoms with Crippen LogP contribution in [0.2, 0.25) is 5.02 Å². The monoisotopic (exact) mass is 567 g/mol. The topological polar surface area (TPSA) is 79.0 Å². The standard InChI is InChI=1S/C26H25ClF3N3O4S/c1-2-37-24-10-9-22(17-23(24)31-25(34)18-5-3-7-20(27)15-18)38(35,36)33-13-11-32(12-14-33)21-8-4-6-19(16-21)26(28,29)30/h3-10,15-17H,2,11-14H2,1H3,(H,31,34). The summed E-state index contributed by atoms with van der Waals surface area (Å²) in [4.78, 5) is 14.5. The molecule has 1 aliphatic rings. The van der Waals surface area contributed by atoms with Gasteiger partial charge in [-0.2, -0.15) is 17.5 Å². The number of nitrogens with one attached hydrogen (secondary N) is 1. The van der Waals surface area contributed by atoms with E-state index in [-0.39, 0.29) is 36.8 Å². The lowest BCUT2D eigenvalue weighted by molar-refractivity contribution is -0.137. The van der Waals surface area contributed by atoms with Crippen LogP contribution in [0.5, 0.6) is 5.75 Å². The molecule has 12 heteroatoms. The maximum absolute atomic E-state index is 13.4. The van der Waals surface area contributed by atoms with Crippen molar-refractivity contribution in [1.82, 2.24) is 4.31 Å². The minimum absolute atomic E-state index is 0.0464. The molecule has 0 bridgehead atoms. The minimum Gasteiger partial charge on any atom is -0.492 e. The largest absolute Gasteiger partial charge is 0.492 e. The van der Waals surface area contributed by atoms with E-state index in [0.717, 1.165) is 12.1 Å². The van der Waals surface area contributed by atoms with Crippen molar-refractivity contribution in [2.24, 2.45) is 0 Å². The molecular formula is C26H25ClF3N3O4S. The molecule has 0 aromatic heterocycles. The Labute approximate surface area is 223 Å². The molecule has 0 radical (unpaired) electrons. The number of carbonyl (C=O) groups excluding carboxylic acids is 1. The number of hydrogen-bond acceptors (Lipinski definition) is 5. The van der Waals surface area contributed by atoms with E-state index >= 15 is 0 Å². The number of rotatable bonds is 7. The number of halogens is 4. The number of hydrogen-bond donors (Lipinski definition) is 1. The van der Waals surface area contributed by atoms with Crippen molar-refractivity contribution in [3.8, 4) is 5.75 Å². The van der Waals surface area contributed by atoms with Crippen LogP contribution in [0.4, 0.5) is 24.5 Å². The molecule has 1 N–H and O–H groups in total. The fraction of sp³-hybridized carbons (Fsp3) is 0.269. The van der Waals surface area contributed by atoms with E-state index in [4.69, 9.17) is 16.3 Å². The Hall–Kier alpha value is -3.28. The normalized spacial score (nSPS) is 14.8. The van der Waals surface area contributed by atoms with E-state index in [1.807, 2.05) is 0 Å². The van der Waals surface area contributed by atoms with Gasteiger partial charge in [0, 0.05) is 42.5 Å². The first-order valence-electron chi connectivity index (χ1n) is 11.7. The van der Waals surface area contributed by atoms with E-state index in [2.05, 4.69) is 5.32 Å². The zero-order valence-electron chi connectivity index (χ0n) is 20.3. The van der Waals surface area contributed by atoms with Gasteiger partial charge in [0.05, 0.1) is 22.8 Å². The second kappa shape index (κ2) is 11.2. The van der Waals surface area contributed by atoms with Crippen LogP contribution in [0.3, 0.4) is 0 Å². The molecule has 0 saturated carbocycles. The van der Waals surface area contributed by atoms with Crippen LogP contribution in [-0.4, -0.2) is 51.4 Å². The van der Waals surface area contributed by atoms with Crippen molar-refractivity contribution in [3.63, 3.8) is 0 Å². The zero-order chi connectivity index (χ0) is 27.5. The predicted molar refractivity (Wildman–Crippen MR) is 139 cm³/mol. The molecule has 4 rings (SSSR count). The van der Waals surface area contributed by atoms with Crippen molar-refractivity contribution >= 4 is 38.9 Å². The summed E-state index contributed by atoms with van der Waals surface area (Å²) in [5, 5.41) is 3.07. The molecule has 202 valence electrons. The number of piperazine rings is 1. The summed E-state index contributed by atoms with van der Waals surface area (Å²) in [6, 6.07) is 15.5. The van der Waals surface area contributed by atoms with Gasteiger partial charge in [0.1, 0.15) is 5.75 Å². The molecule has 0 aliphatic carbocycles. The highest BCUT2D eigenvalue weighted by atomic mass is 35.5. The number of amides is 1. The van der Waals surface area contributed by atoms with Crippen molar-refractivity contribution in [1.29, 1.82) is 0 Å². The van der Waals surface area contributed by atoms with Crippen LogP contribution < -0.4 is 15.0 Å². The molecule has 3 aromatic carbocycles. The van der Waals surface area contributed by atoms with E-state index in [1.54, 1.807) is 36.1 Å². The predicted octanol–water partition coefficient (Wildman–Crippen LogP) is 5.52. The summed E-state index contributed by atoms with van der Waals surface area (Å²) in [5.74, 6) is -0.186. The lowest BCUT2D eigenvalue weighted by Gasteiger charge is -2.35. The number of alkyl halides is 3. The highest BCUT2D eigenvalue weighted by Gasteiger charge is 2.32. The van der Waals surface area contributed by atoms with Crippen LogP contribution >= 0.6 is 11.6 Å². The zero-order valence-corrected chi connectivity index (χ0v) is 21.9. The van der Waals surface area contributed by atoms with Crippen molar-refractivity contribution in [3.05, 3.63) is 82.9 Å². The first-order valence-corrected chi connectivity index (χ1v) is 13.6. The number of sulfonamides is 1. The molecule has 1 fully saturated rings. The lowest BCUT2D eigenvalue weighted by Crippen LogP contribution is -2.48. The van der Waals surface area contributed by atoms with Crippen LogP contribution in [-0.2, 0) is 16.2 Å². The average molecular weight is 568 g/mol. The third-order valence-corrected chi connectivity index (χ3v) is 8.13. The Bertz CT molecular complexity index is 1430. The highest BCUT2D eigenvalue weighted by Crippen LogP contribution is 2.33. The van der Waals surface area contributed by atoms with Gasteiger partial charge in [-0.25, -0.2) is 8.42 Å². The smallest absolute Gasteiger partial charge is 0.416 e. The maximum atomic E-state index is 13.4. The second-order valence-corrected chi connectivity index (χ2v) is 10.9. The molecule has 0 atom stereocenters. The van der Waals surface area contributed by atoms with Gasteiger partial charge < -0.3 is 15.0 Å². The van der Waals surface area contributed by atoms with Gasteiger partial charge in [-0.1, -0.05) is 23.7 Å². The Balaban J connectivity index is 1.52.